The maximum Gasteiger partial charge on any atom is 0.328 e. The Labute approximate surface area is 104 Å². The largest absolute Gasteiger partial charge is 0.396 e. The molecule has 0 aromatic heterocycles. The molecule has 2 amide bonds. The van der Waals surface area contributed by atoms with Crippen molar-refractivity contribution in [2.45, 2.75) is 18.7 Å². The highest BCUT2D eigenvalue weighted by Crippen LogP contribution is 2.20. The van der Waals surface area contributed by atoms with Gasteiger partial charge < -0.3 is 11.1 Å². The number of amides is 2. The first-order valence-electron chi connectivity index (χ1n) is 5.14. The Bertz CT molecular complexity index is 549. The first kappa shape index (κ1) is 14.2. The van der Waals surface area contributed by atoms with Gasteiger partial charge in [0, 0.05) is 6.54 Å². The number of halogens is 1. The molecular weight excluding hydrogens is 261 g/mol. The van der Waals surface area contributed by atoms with Crippen molar-refractivity contribution in [3.63, 3.8) is 0 Å². The number of urea groups is 1. The Hall–Kier alpha value is -1.83. The maximum absolute atomic E-state index is 13.3. The monoisotopic (exact) mass is 275 g/mol. The van der Waals surface area contributed by atoms with Crippen molar-refractivity contribution in [1.82, 2.24) is 10.0 Å². The minimum Gasteiger partial charge on any atom is -0.396 e. The lowest BCUT2D eigenvalue weighted by molar-refractivity contribution is 0.246. The second-order valence-electron chi connectivity index (χ2n) is 3.61. The molecule has 0 spiro atoms. The SMILES string of the molecule is CCNC(=O)NS(=O)(=O)c1cc(C)c(F)c(N)c1. The van der Waals surface area contributed by atoms with E-state index in [4.69, 9.17) is 5.73 Å². The normalized spacial score (nSPS) is 11.1. The number of rotatable bonds is 3. The number of anilines is 1. The molecule has 0 aliphatic carbocycles. The van der Waals surface area contributed by atoms with Crippen LogP contribution in [0, 0.1) is 12.7 Å². The number of carbonyl (C=O) groups excluding carboxylic acids is 1. The molecule has 0 radical (unpaired) electrons. The summed E-state index contributed by atoms with van der Waals surface area (Å²) in [5.41, 5.74) is 5.14. The van der Waals surface area contributed by atoms with E-state index in [0.717, 1.165) is 12.1 Å². The highest BCUT2D eigenvalue weighted by molar-refractivity contribution is 7.90. The van der Waals surface area contributed by atoms with Gasteiger partial charge in [0.1, 0.15) is 5.82 Å². The maximum atomic E-state index is 13.3. The Morgan fingerprint density at radius 1 is 1.44 bits per heavy atom. The number of sulfonamides is 1. The Kier molecular flexibility index (Phi) is 4.12. The minimum absolute atomic E-state index is 0.0891. The van der Waals surface area contributed by atoms with Crippen molar-refractivity contribution in [2.75, 3.05) is 12.3 Å². The molecule has 1 aromatic carbocycles. The van der Waals surface area contributed by atoms with E-state index in [9.17, 15) is 17.6 Å². The summed E-state index contributed by atoms with van der Waals surface area (Å²) in [6, 6.07) is 1.22. The van der Waals surface area contributed by atoms with Gasteiger partial charge in [0.25, 0.3) is 10.0 Å². The number of carbonyl (C=O) groups is 1. The molecule has 0 fully saturated rings. The van der Waals surface area contributed by atoms with Crippen LogP contribution in [0.1, 0.15) is 12.5 Å². The van der Waals surface area contributed by atoms with Crippen LogP contribution in [0.3, 0.4) is 0 Å². The van der Waals surface area contributed by atoms with Crippen molar-refractivity contribution < 1.29 is 17.6 Å². The first-order chi connectivity index (χ1) is 8.27. The van der Waals surface area contributed by atoms with Crippen LogP contribution in [-0.4, -0.2) is 21.0 Å². The smallest absolute Gasteiger partial charge is 0.328 e. The zero-order valence-electron chi connectivity index (χ0n) is 9.95. The van der Waals surface area contributed by atoms with Crippen LogP contribution in [-0.2, 0) is 10.0 Å². The third-order valence-electron chi connectivity index (χ3n) is 2.13. The summed E-state index contributed by atoms with van der Waals surface area (Å²) in [6.07, 6.45) is 0. The lowest BCUT2D eigenvalue weighted by Gasteiger charge is -2.09. The third kappa shape index (κ3) is 3.10. The molecule has 0 aliphatic rings. The van der Waals surface area contributed by atoms with Gasteiger partial charge >= 0.3 is 6.03 Å². The van der Waals surface area contributed by atoms with Crippen LogP contribution >= 0.6 is 0 Å². The van der Waals surface area contributed by atoms with Gasteiger partial charge in [0.05, 0.1) is 10.6 Å². The highest BCUT2D eigenvalue weighted by Gasteiger charge is 2.19. The number of aryl methyl sites for hydroxylation is 1. The molecule has 0 heterocycles. The van der Waals surface area contributed by atoms with Gasteiger partial charge in [-0.1, -0.05) is 0 Å². The second kappa shape index (κ2) is 5.21. The van der Waals surface area contributed by atoms with E-state index in [-0.39, 0.29) is 22.7 Å². The summed E-state index contributed by atoms with van der Waals surface area (Å²) < 4.78 is 38.6. The Balaban J connectivity index is 3.10. The predicted octanol–water partition coefficient (Wildman–Crippen LogP) is 0.724. The topological polar surface area (TPSA) is 101 Å². The van der Waals surface area contributed by atoms with Gasteiger partial charge in [0.15, 0.2) is 0 Å². The van der Waals surface area contributed by atoms with E-state index >= 15 is 0 Å². The molecule has 0 bridgehead atoms. The van der Waals surface area contributed by atoms with Crippen LogP contribution in [0.5, 0.6) is 0 Å². The van der Waals surface area contributed by atoms with E-state index < -0.39 is 21.9 Å². The van der Waals surface area contributed by atoms with Crippen molar-refractivity contribution in [2.24, 2.45) is 0 Å². The number of hydrogen-bond donors (Lipinski definition) is 3. The van der Waals surface area contributed by atoms with Gasteiger partial charge in [-0.05, 0) is 31.5 Å². The molecule has 1 rings (SSSR count). The summed E-state index contributed by atoms with van der Waals surface area (Å²) >= 11 is 0. The number of nitrogens with one attached hydrogen (secondary N) is 2. The van der Waals surface area contributed by atoms with Crippen LogP contribution < -0.4 is 15.8 Å². The Morgan fingerprint density at radius 2 is 2.06 bits per heavy atom. The first-order valence-corrected chi connectivity index (χ1v) is 6.62. The molecule has 0 unspecified atom stereocenters. The van der Waals surface area contributed by atoms with E-state index in [1.54, 1.807) is 11.6 Å². The number of nitrogen functional groups attached to an aromatic ring is 1. The van der Waals surface area contributed by atoms with Crippen molar-refractivity contribution in [1.29, 1.82) is 0 Å². The fourth-order valence-electron chi connectivity index (χ4n) is 1.30. The van der Waals surface area contributed by atoms with Gasteiger partial charge in [-0.25, -0.2) is 22.3 Å². The van der Waals surface area contributed by atoms with Gasteiger partial charge in [-0.2, -0.15) is 0 Å². The van der Waals surface area contributed by atoms with Crippen molar-refractivity contribution >= 4 is 21.7 Å². The molecule has 0 saturated heterocycles. The average molecular weight is 275 g/mol. The summed E-state index contributed by atoms with van der Waals surface area (Å²) in [4.78, 5) is 10.9. The standard InChI is InChI=1S/C10H14FN3O3S/c1-3-13-10(15)14-18(16,17)7-4-6(2)9(11)8(12)5-7/h4-5H,3,12H2,1-2H3,(H2,13,14,15). The number of nitrogens with two attached hydrogens (primary N) is 1. The summed E-state index contributed by atoms with van der Waals surface area (Å²) in [7, 11) is -4.05. The number of benzene rings is 1. The zero-order chi connectivity index (χ0) is 13.9. The summed E-state index contributed by atoms with van der Waals surface area (Å²) in [6.45, 7) is 3.31. The van der Waals surface area contributed by atoms with Gasteiger partial charge in [-0.15, -0.1) is 0 Å². The van der Waals surface area contributed by atoms with Crippen molar-refractivity contribution in [3.05, 3.63) is 23.5 Å². The highest BCUT2D eigenvalue weighted by atomic mass is 32.2. The van der Waals surface area contributed by atoms with E-state index in [1.807, 2.05) is 0 Å². The zero-order valence-corrected chi connectivity index (χ0v) is 10.8. The van der Waals surface area contributed by atoms with Crippen LogP contribution in [0.4, 0.5) is 14.9 Å². The lowest BCUT2D eigenvalue weighted by Crippen LogP contribution is -2.39. The van der Waals surface area contributed by atoms with Gasteiger partial charge in [-0.3, -0.25) is 0 Å². The van der Waals surface area contributed by atoms with Crippen LogP contribution in [0.15, 0.2) is 17.0 Å². The molecule has 0 aliphatic heterocycles. The second-order valence-corrected chi connectivity index (χ2v) is 5.29. The lowest BCUT2D eigenvalue weighted by atomic mass is 10.2. The van der Waals surface area contributed by atoms with Gasteiger partial charge in [0.2, 0.25) is 0 Å². The van der Waals surface area contributed by atoms with Crippen LogP contribution in [0.25, 0.3) is 0 Å². The molecule has 18 heavy (non-hydrogen) atoms. The molecule has 4 N–H and O–H groups in total. The fraction of sp³-hybridized carbons (Fsp3) is 0.300. The summed E-state index contributed by atoms with van der Waals surface area (Å²) in [5.74, 6) is -0.674. The third-order valence-corrected chi connectivity index (χ3v) is 3.44. The Morgan fingerprint density at radius 3 is 2.56 bits per heavy atom. The predicted molar refractivity (Wildman–Crippen MR) is 64.9 cm³/mol. The van der Waals surface area contributed by atoms with E-state index in [1.165, 1.54) is 6.92 Å². The minimum atomic E-state index is -4.05. The molecule has 8 heteroatoms. The van der Waals surface area contributed by atoms with E-state index in [2.05, 4.69) is 5.32 Å². The van der Waals surface area contributed by atoms with Crippen LogP contribution in [0.2, 0.25) is 0 Å². The molecule has 1 aromatic rings. The van der Waals surface area contributed by atoms with E-state index in [0.29, 0.717) is 0 Å². The molecule has 0 atom stereocenters. The molecule has 0 saturated carbocycles. The molecule has 6 nitrogen and oxygen atoms in total. The quantitative estimate of drug-likeness (QED) is 0.707. The average Bonchev–Trinajstić information content (AvgIpc) is 2.24. The molecular formula is C10H14FN3O3S. The summed E-state index contributed by atoms with van der Waals surface area (Å²) in [5, 5.41) is 2.28. The fourth-order valence-corrected chi connectivity index (χ4v) is 2.34. The number of hydrogen-bond acceptors (Lipinski definition) is 4. The van der Waals surface area contributed by atoms with Crippen molar-refractivity contribution in [3.8, 4) is 0 Å². The molecule has 100 valence electrons.